The van der Waals surface area contributed by atoms with Crippen LogP contribution in [0, 0.1) is 11.8 Å². The van der Waals surface area contributed by atoms with E-state index in [1.165, 1.54) is 19.6 Å². The molecular formula is C19H28O3. The Morgan fingerprint density at radius 1 is 1.00 bits per heavy atom. The lowest BCUT2D eigenvalue weighted by atomic mass is 10.1. The molecular weight excluding hydrogens is 276 g/mol. The van der Waals surface area contributed by atoms with Gasteiger partial charge in [0, 0.05) is 12.8 Å². The summed E-state index contributed by atoms with van der Waals surface area (Å²) in [5.74, 6) is 5.20. The summed E-state index contributed by atoms with van der Waals surface area (Å²) < 4.78 is 4.59. The molecule has 0 unspecified atom stereocenters. The highest BCUT2D eigenvalue weighted by molar-refractivity contribution is 6.04. The summed E-state index contributed by atoms with van der Waals surface area (Å²) in [4.78, 5) is 22.1. The summed E-state index contributed by atoms with van der Waals surface area (Å²) in [6, 6.07) is 0. The molecule has 0 saturated carbocycles. The van der Waals surface area contributed by atoms with Gasteiger partial charge in [0.25, 0.3) is 0 Å². The fourth-order valence-electron chi connectivity index (χ4n) is 1.83. The molecule has 0 atom stereocenters. The minimum atomic E-state index is -0.123. The largest absolute Gasteiger partial charge is 0.469 e. The normalized spacial score (nSPS) is 10.6. The highest BCUT2D eigenvalue weighted by Gasteiger charge is 1.98. The molecule has 0 aromatic carbocycles. The summed E-state index contributed by atoms with van der Waals surface area (Å²) in [5.41, 5.74) is 0. The first kappa shape index (κ1) is 20.2. The third-order valence-corrected chi connectivity index (χ3v) is 3.08. The highest BCUT2D eigenvalue weighted by Crippen LogP contribution is 2.08. The molecule has 122 valence electrons. The van der Waals surface area contributed by atoms with Gasteiger partial charge in [-0.3, -0.25) is 9.59 Å². The molecule has 0 amide bonds. The topological polar surface area (TPSA) is 43.4 Å². The van der Waals surface area contributed by atoms with Crippen LogP contribution < -0.4 is 0 Å². The van der Waals surface area contributed by atoms with Crippen molar-refractivity contribution in [3.8, 4) is 11.8 Å². The first-order valence-electron chi connectivity index (χ1n) is 8.11. The fourth-order valence-corrected chi connectivity index (χ4v) is 1.83. The van der Waals surface area contributed by atoms with Crippen LogP contribution >= 0.6 is 0 Å². The lowest BCUT2D eigenvalue weighted by Crippen LogP contribution is -1.98. The average molecular weight is 304 g/mol. The zero-order valence-electron chi connectivity index (χ0n) is 13.9. The van der Waals surface area contributed by atoms with Crippen molar-refractivity contribution in [2.45, 2.75) is 64.7 Å². The number of esters is 1. The van der Waals surface area contributed by atoms with E-state index >= 15 is 0 Å². The van der Waals surface area contributed by atoms with Gasteiger partial charge in [0.15, 0.2) is 0 Å². The fraction of sp³-hybridized carbons (Fsp3) is 0.579. The molecule has 0 aliphatic heterocycles. The number of hydrogen-bond donors (Lipinski definition) is 0. The predicted molar refractivity (Wildman–Crippen MR) is 90.3 cm³/mol. The zero-order chi connectivity index (χ0) is 16.5. The molecule has 22 heavy (non-hydrogen) atoms. The Balaban J connectivity index is 3.45. The van der Waals surface area contributed by atoms with Crippen LogP contribution in [0.5, 0.6) is 0 Å². The van der Waals surface area contributed by atoms with Crippen LogP contribution in [-0.2, 0) is 14.3 Å². The van der Waals surface area contributed by atoms with Crippen molar-refractivity contribution in [3.63, 3.8) is 0 Å². The molecule has 0 bridgehead atoms. The number of carbonyl (C=O) groups excluding carboxylic acids is 2. The molecule has 3 heteroatoms. The lowest BCUT2D eigenvalue weighted by molar-refractivity contribution is -0.140. The molecule has 0 spiro atoms. The van der Waals surface area contributed by atoms with E-state index < -0.39 is 0 Å². The summed E-state index contributed by atoms with van der Waals surface area (Å²) in [5, 5.41) is 0. The standard InChI is InChI=1S/C19H28O3/c1-3-4-15-18(20)16-13-11-9-7-5-6-8-10-12-14-17-19(21)22-2/h4,7,9,15H,3,5-6,8,10-12,14,17H2,1-2H3/b9-7-,15-4+. The minimum Gasteiger partial charge on any atom is -0.469 e. The third kappa shape index (κ3) is 14.6. The van der Waals surface area contributed by atoms with Crippen LogP contribution in [0.1, 0.15) is 64.7 Å². The van der Waals surface area contributed by atoms with Crippen molar-refractivity contribution < 1.29 is 14.3 Å². The molecule has 0 heterocycles. The Hall–Kier alpha value is -1.82. The van der Waals surface area contributed by atoms with Crippen LogP contribution in [0.15, 0.2) is 24.3 Å². The molecule has 0 saturated heterocycles. The second-order valence-electron chi connectivity index (χ2n) is 5.03. The van der Waals surface area contributed by atoms with E-state index in [0.717, 1.165) is 38.5 Å². The number of allylic oxidation sites excluding steroid dienone is 4. The molecule has 0 aromatic rings. The van der Waals surface area contributed by atoms with E-state index in [0.29, 0.717) is 12.8 Å². The molecule has 0 fully saturated rings. The van der Waals surface area contributed by atoms with Gasteiger partial charge >= 0.3 is 5.97 Å². The quantitative estimate of drug-likeness (QED) is 0.142. The van der Waals surface area contributed by atoms with Crippen molar-refractivity contribution in [1.29, 1.82) is 0 Å². The van der Waals surface area contributed by atoms with Gasteiger partial charge < -0.3 is 4.74 Å². The van der Waals surface area contributed by atoms with Gasteiger partial charge in [-0.2, -0.15) is 0 Å². The number of hydrogen-bond acceptors (Lipinski definition) is 3. The number of rotatable bonds is 11. The second kappa shape index (κ2) is 15.6. The smallest absolute Gasteiger partial charge is 0.305 e. The van der Waals surface area contributed by atoms with Crippen molar-refractivity contribution in [1.82, 2.24) is 0 Å². The van der Waals surface area contributed by atoms with E-state index in [2.05, 4.69) is 22.7 Å². The Morgan fingerprint density at radius 3 is 2.45 bits per heavy atom. The summed E-state index contributed by atoms with van der Waals surface area (Å²) in [7, 11) is 1.43. The molecule has 0 N–H and O–H groups in total. The van der Waals surface area contributed by atoms with Crippen LogP contribution in [0.3, 0.4) is 0 Å². The van der Waals surface area contributed by atoms with Gasteiger partial charge in [-0.05, 0) is 37.7 Å². The van der Waals surface area contributed by atoms with E-state index in [1.54, 1.807) is 0 Å². The maximum Gasteiger partial charge on any atom is 0.305 e. The van der Waals surface area contributed by atoms with Crippen molar-refractivity contribution in [2.24, 2.45) is 0 Å². The molecule has 0 aromatic heterocycles. The van der Waals surface area contributed by atoms with E-state index in [1.807, 2.05) is 19.1 Å². The third-order valence-electron chi connectivity index (χ3n) is 3.08. The molecule has 3 nitrogen and oxygen atoms in total. The van der Waals surface area contributed by atoms with Gasteiger partial charge in [0.1, 0.15) is 0 Å². The van der Waals surface area contributed by atoms with Gasteiger partial charge in [-0.15, -0.1) is 0 Å². The van der Waals surface area contributed by atoms with Crippen LogP contribution in [0.4, 0.5) is 0 Å². The Labute approximate surface area is 134 Å². The van der Waals surface area contributed by atoms with Gasteiger partial charge in [-0.1, -0.05) is 50.3 Å². The first-order chi connectivity index (χ1) is 10.7. The van der Waals surface area contributed by atoms with Crippen LogP contribution in [0.2, 0.25) is 0 Å². The van der Waals surface area contributed by atoms with Crippen molar-refractivity contribution >= 4 is 11.8 Å². The maximum atomic E-state index is 11.2. The Kier molecular flexibility index (Phi) is 14.3. The van der Waals surface area contributed by atoms with Crippen molar-refractivity contribution in [2.75, 3.05) is 7.11 Å². The van der Waals surface area contributed by atoms with Gasteiger partial charge in [-0.25, -0.2) is 0 Å². The van der Waals surface area contributed by atoms with E-state index in [9.17, 15) is 9.59 Å². The number of methoxy groups -OCH3 is 1. The van der Waals surface area contributed by atoms with Gasteiger partial charge in [0.2, 0.25) is 5.78 Å². The van der Waals surface area contributed by atoms with E-state index in [-0.39, 0.29) is 11.8 Å². The Bertz CT molecular complexity index is 422. The summed E-state index contributed by atoms with van der Waals surface area (Å²) in [6.45, 7) is 1.99. The average Bonchev–Trinajstić information content (AvgIpc) is 2.53. The molecule has 0 aliphatic rings. The number of unbranched alkanes of at least 4 members (excludes halogenated alkanes) is 5. The lowest BCUT2D eigenvalue weighted by Gasteiger charge is -1.99. The maximum absolute atomic E-state index is 11.2. The summed E-state index contributed by atoms with van der Waals surface area (Å²) >= 11 is 0. The molecule has 0 radical (unpaired) electrons. The van der Waals surface area contributed by atoms with Crippen molar-refractivity contribution in [3.05, 3.63) is 24.3 Å². The predicted octanol–water partition coefficient (Wildman–Crippen LogP) is 4.38. The number of ketones is 1. The molecule has 0 rings (SSSR count). The van der Waals surface area contributed by atoms with Crippen LogP contribution in [-0.4, -0.2) is 18.9 Å². The highest BCUT2D eigenvalue weighted by atomic mass is 16.5. The second-order valence-corrected chi connectivity index (χ2v) is 5.03. The number of ether oxygens (including phenoxy) is 1. The molecule has 0 aliphatic carbocycles. The van der Waals surface area contributed by atoms with Crippen LogP contribution in [0.25, 0.3) is 0 Å². The SMILES string of the molecule is CC/C=C/C(=O)C#CC/C=C\CCCCCCCC(=O)OC. The first-order valence-corrected chi connectivity index (χ1v) is 8.11. The summed E-state index contributed by atoms with van der Waals surface area (Å²) in [6.07, 6.45) is 16.0. The van der Waals surface area contributed by atoms with Gasteiger partial charge in [0.05, 0.1) is 7.11 Å². The Morgan fingerprint density at radius 2 is 1.73 bits per heavy atom. The minimum absolute atomic E-state index is 0.118. The monoisotopic (exact) mass is 304 g/mol. The number of carbonyl (C=O) groups is 2. The van der Waals surface area contributed by atoms with E-state index in [4.69, 9.17) is 0 Å². The zero-order valence-corrected chi connectivity index (χ0v) is 13.9.